The molecule has 3 aliphatic rings. The van der Waals surface area contributed by atoms with Gasteiger partial charge in [0.25, 0.3) is 0 Å². The number of rotatable bonds is 4. The SMILES string of the molecule is Cn1c(=O)n(C2CNCCN2)c2ccc(N3CCC(OC4CCNCC4)CC3)cc21. The number of ether oxygens (including phenoxy) is 1. The van der Waals surface area contributed by atoms with Gasteiger partial charge in [0, 0.05) is 45.5 Å². The lowest BCUT2D eigenvalue weighted by Gasteiger charge is -2.36. The molecule has 3 saturated heterocycles. The molecule has 1 aromatic carbocycles. The number of nitrogens with one attached hydrogen (secondary N) is 3. The topological polar surface area (TPSA) is 75.5 Å². The van der Waals surface area contributed by atoms with Crippen molar-refractivity contribution in [1.82, 2.24) is 25.1 Å². The fraction of sp³-hybridized carbons (Fsp3) is 0.682. The van der Waals surface area contributed by atoms with E-state index in [1.165, 1.54) is 5.69 Å². The van der Waals surface area contributed by atoms with E-state index in [1.54, 1.807) is 4.57 Å². The van der Waals surface area contributed by atoms with Crippen LogP contribution in [-0.2, 0) is 11.8 Å². The Bertz CT molecular complexity index is 918. The quantitative estimate of drug-likeness (QED) is 0.686. The van der Waals surface area contributed by atoms with E-state index in [4.69, 9.17) is 4.74 Å². The number of piperidine rings is 2. The third kappa shape index (κ3) is 3.89. The summed E-state index contributed by atoms with van der Waals surface area (Å²) in [5, 5.41) is 10.2. The highest BCUT2D eigenvalue weighted by Crippen LogP contribution is 2.27. The van der Waals surface area contributed by atoms with Crippen molar-refractivity contribution in [3.8, 4) is 0 Å². The largest absolute Gasteiger partial charge is 0.375 e. The van der Waals surface area contributed by atoms with Gasteiger partial charge in [-0.05, 0) is 57.0 Å². The van der Waals surface area contributed by atoms with Gasteiger partial charge in [-0.15, -0.1) is 0 Å². The molecule has 0 aliphatic carbocycles. The Labute approximate surface area is 177 Å². The van der Waals surface area contributed by atoms with E-state index in [2.05, 4.69) is 39.0 Å². The molecule has 3 N–H and O–H groups in total. The molecule has 2 aromatic rings. The van der Waals surface area contributed by atoms with E-state index in [9.17, 15) is 4.79 Å². The molecule has 3 aliphatic heterocycles. The van der Waals surface area contributed by atoms with Gasteiger partial charge in [-0.3, -0.25) is 14.5 Å². The Kier molecular flexibility index (Phi) is 5.82. The van der Waals surface area contributed by atoms with Crippen molar-refractivity contribution < 1.29 is 4.74 Å². The molecule has 30 heavy (non-hydrogen) atoms. The van der Waals surface area contributed by atoms with Crippen LogP contribution in [0.5, 0.6) is 0 Å². The second-order valence-corrected chi connectivity index (χ2v) is 8.83. The average molecular weight is 415 g/mol. The molecule has 1 aromatic heterocycles. The van der Waals surface area contributed by atoms with E-state index in [-0.39, 0.29) is 11.9 Å². The molecule has 0 bridgehead atoms. The summed E-state index contributed by atoms with van der Waals surface area (Å²) in [6.45, 7) is 6.75. The van der Waals surface area contributed by atoms with Crippen molar-refractivity contribution >= 4 is 16.7 Å². The zero-order valence-electron chi connectivity index (χ0n) is 17.9. The van der Waals surface area contributed by atoms with Crippen LogP contribution < -0.4 is 26.5 Å². The van der Waals surface area contributed by atoms with Gasteiger partial charge in [0.2, 0.25) is 0 Å². The van der Waals surface area contributed by atoms with Crippen molar-refractivity contribution in [3.63, 3.8) is 0 Å². The summed E-state index contributed by atoms with van der Waals surface area (Å²) in [6, 6.07) is 6.46. The number of nitrogens with zero attached hydrogens (tertiary/aromatic N) is 3. The number of benzene rings is 1. The van der Waals surface area contributed by atoms with Gasteiger partial charge in [0.1, 0.15) is 6.17 Å². The van der Waals surface area contributed by atoms with E-state index in [0.29, 0.717) is 12.2 Å². The zero-order chi connectivity index (χ0) is 20.5. The summed E-state index contributed by atoms with van der Waals surface area (Å²) >= 11 is 0. The maximum Gasteiger partial charge on any atom is 0.330 e. The molecular weight excluding hydrogens is 380 g/mol. The lowest BCUT2D eigenvalue weighted by atomic mass is 10.0. The van der Waals surface area contributed by atoms with Gasteiger partial charge in [0.15, 0.2) is 0 Å². The highest BCUT2D eigenvalue weighted by Gasteiger charge is 2.25. The first-order chi connectivity index (χ1) is 14.7. The van der Waals surface area contributed by atoms with Crippen LogP contribution in [0.3, 0.4) is 0 Å². The Morgan fingerprint density at radius 3 is 2.43 bits per heavy atom. The second kappa shape index (κ2) is 8.70. The van der Waals surface area contributed by atoms with Crippen molar-refractivity contribution in [1.29, 1.82) is 0 Å². The molecule has 164 valence electrons. The van der Waals surface area contributed by atoms with Crippen LogP contribution in [0.15, 0.2) is 23.0 Å². The first kappa shape index (κ1) is 20.1. The van der Waals surface area contributed by atoms with Crippen LogP contribution in [0, 0.1) is 0 Å². The standard InChI is InChI=1S/C22H34N6O2/c1-26-20-14-16(2-3-19(20)28(22(26)29)21-15-24-10-11-25-21)27-12-6-18(7-13-27)30-17-4-8-23-9-5-17/h2-3,14,17-18,21,23-25H,4-13,15H2,1H3. The first-order valence-corrected chi connectivity index (χ1v) is 11.5. The van der Waals surface area contributed by atoms with Gasteiger partial charge in [-0.2, -0.15) is 0 Å². The number of fused-ring (bicyclic) bond motifs is 1. The molecule has 0 spiro atoms. The van der Waals surface area contributed by atoms with Crippen LogP contribution in [-0.4, -0.2) is 67.2 Å². The molecule has 3 fully saturated rings. The van der Waals surface area contributed by atoms with Gasteiger partial charge in [-0.1, -0.05) is 0 Å². The molecule has 1 atom stereocenters. The number of aromatic nitrogens is 2. The Morgan fingerprint density at radius 2 is 1.70 bits per heavy atom. The van der Waals surface area contributed by atoms with Gasteiger partial charge >= 0.3 is 5.69 Å². The highest BCUT2D eigenvalue weighted by molar-refractivity contribution is 5.80. The molecular formula is C22H34N6O2. The molecule has 0 amide bonds. The summed E-state index contributed by atoms with van der Waals surface area (Å²) in [4.78, 5) is 15.4. The fourth-order valence-corrected chi connectivity index (χ4v) is 5.12. The summed E-state index contributed by atoms with van der Waals surface area (Å²) < 4.78 is 10.0. The van der Waals surface area contributed by atoms with Gasteiger partial charge in [0.05, 0.1) is 23.2 Å². The Hall–Kier alpha value is -1.87. The molecule has 0 radical (unpaired) electrons. The molecule has 8 heteroatoms. The van der Waals surface area contributed by atoms with E-state index < -0.39 is 0 Å². The lowest BCUT2D eigenvalue weighted by Crippen LogP contribution is -2.48. The van der Waals surface area contributed by atoms with Crippen LogP contribution in [0.2, 0.25) is 0 Å². The smallest absolute Gasteiger partial charge is 0.330 e. The number of hydrogen-bond donors (Lipinski definition) is 3. The third-order valence-corrected chi connectivity index (χ3v) is 6.88. The Morgan fingerprint density at radius 1 is 0.933 bits per heavy atom. The summed E-state index contributed by atoms with van der Waals surface area (Å²) in [7, 11) is 1.88. The second-order valence-electron chi connectivity index (χ2n) is 8.83. The molecule has 1 unspecified atom stereocenters. The summed E-state index contributed by atoms with van der Waals surface area (Å²) in [5.41, 5.74) is 3.23. The van der Waals surface area contributed by atoms with Gasteiger partial charge in [-0.25, -0.2) is 4.79 Å². The number of aryl methyl sites for hydroxylation is 1. The number of anilines is 1. The maximum absolute atomic E-state index is 12.9. The maximum atomic E-state index is 12.9. The first-order valence-electron chi connectivity index (χ1n) is 11.5. The zero-order valence-corrected chi connectivity index (χ0v) is 17.9. The van der Waals surface area contributed by atoms with Crippen LogP contribution >= 0.6 is 0 Å². The van der Waals surface area contributed by atoms with E-state index >= 15 is 0 Å². The van der Waals surface area contributed by atoms with Crippen LogP contribution in [0.1, 0.15) is 31.8 Å². The predicted octanol–water partition coefficient (Wildman–Crippen LogP) is 0.769. The molecule has 8 nitrogen and oxygen atoms in total. The monoisotopic (exact) mass is 414 g/mol. The molecule has 5 rings (SSSR count). The van der Waals surface area contributed by atoms with E-state index in [0.717, 1.165) is 82.5 Å². The predicted molar refractivity (Wildman–Crippen MR) is 119 cm³/mol. The average Bonchev–Trinajstić information content (AvgIpc) is 3.05. The van der Waals surface area contributed by atoms with Crippen molar-refractivity contribution in [2.45, 2.75) is 44.1 Å². The van der Waals surface area contributed by atoms with Crippen molar-refractivity contribution in [3.05, 3.63) is 28.7 Å². The number of piperazine rings is 1. The number of hydrogen-bond acceptors (Lipinski definition) is 6. The van der Waals surface area contributed by atoms with Crippen molar-refractivity contribution in [2.24, 2.45) is 7.05 Å². The number of imidazole rings is 1. The third-order valence-electron chi connectivity index (χ3n) is 6.88. The highest BCUT2D eigenvalue weighted by atomic mass is 16.5. The summed E-state index contributed by atoms with van der Waals surface area (Å²) in [6.07, 6.45) is 5.21. The minimum absolute atomic E-state index is 0.00341. The van der Waals surface area contributed by atoms with Crippen LogP contribution in [0.25, 0.3) is 11.0 Å². The van der Waals surface area contributed by atoms with Crippen LogP contribution in [0.4, 0.5) is 5.69 Å². The fourth-order valence-electron chi connectivity index (χ4n) is 5.12. The molecule has 4 heterocycles. The normalized spacial score (nSPS) is 24.6. The van der Waals surface area contributed by atoms with E-state index in [1.807, 2.05) is 11.6 Å². The minimum Gasteiger partial charge on any atom is -0.375 e. The lowest BCUT2D eigenvalue weighted by molar-refractivity contribution is -0.0363. The minimum atomic E-state index is 0.00341. The molecule has 0 saturated carbocycles. The van der Waals surface area contributed by atoms with Crippen molar-refractivity contribution in [2.75, 3.05) is 50.7 Å². The summed E-state index contributed by atoms with van der Waals surface area (Å²) in [5.74, 6) is 0. The van der Waals surface area contributed by atoms with Gasteiger partial charge < -0.3 is 20.3 Å². The Balaban J connectivity index is 1.30.